The third kappa shape index (κ3) is 7.67. The number of aryl methyl sites for hydroxylation is 3. The van der Waals surface area contributed by atoms with Crippen LogP contribution < -0.4 is 5.73 Å². The molecule has 2 heterocycles. The second-order valence-corrected chi connectivity index (χ2v) is 5.26. The molecule has 0 aromatic carbocycles. The zero-order valence-corrected chi connectivity index (χ0v) is 16.6. The van der Waals surface area contributed by atoms with Crippen LogP contribution in [0.15, 0.2) is 0 Å². The summed E-state index contributed by atoms with van der Waals surface area (Å²) in [6.45, 7) is 5.91. The summed E-state index contributed by atoms with van der Waals surface area (Å²) >= 11 is 3.13. The Hall–Kier alpha value is 0.437. The first kappa shape index (κ1) is 18.8. The van der Waals surface area contributed by atoms with Crippen LogP contribution in [-0.2, 0) is 42.1 Å². The van der Waals surface area contributed by atoms with E-state index in [1.807, 2.05) is 20.8 Å². The molecule has 2 aromatic heterocycles. The van der Waals surface area contributed by atoms with E-state index < -0.39 is 0 Å². The average molecular weight is 593 g/mol. The van der Waals surface area contributed by atoms with E-state index in [2.05, 4.69) is 22.4 Å². The first-order valence-corrected chi connectivity index (χ1v) is 5.63. The first-order chi connectivity index (χ1) is 6.58. The molecule has 7 heteroatoms. The Labute approximate surface area is 132 Å². The van der Waals surface area contributed by atoms with E-state index in [0.29, 0.717) is 5.13 Å². The standard InChI is InChI=1S/C5H6NS.C4H5N2S.2W/c1-4-3-6-5(2)7-4;1-3-2-6-4(5)7-3;;/h1-2H3;1H3,(H2,5,6);;/q2*-1;;. The molecule has 0 aliphatic carbocycles. The van der Waals surface area contributed by atoms with Crippen LogP contribution in [0.1, 0.15) is 14.8 Å². The molecule has 2 N–H and O–H groups in total. The van der Waals surface area contributed by atoms with Crippen LogP contribution in [0.3, 0.4) is 0 Å². The van der Waals surface area contributed by atoms with Crippen molar-refractivity contribution in [2.24, 2.45) is 0 Å². The molecular formula is C9H11N3S2W2-2. The normalized spacial score (nSPS) is 8.19. The predicted octanol–water partition coefficient (Wildman–Crippen LogP) is 2.39. The van der Waals surface area contributed by atoms with Gasteiger partial charge in [-0.25, -0.2) is 22.7 Å². The van der Waals surface area contributed by atoms with Gasteiger partial charge < -0.3 is 15.7 Å². The third-order valence-electron chi connectivity index (χ3n) is 1.25. The molecule has 0 amide bonds. The molecule has 0 saturated carbocycles. The minimum absolute atomic E-state index is 0. The minimum Gasteiger partial charge on any atom is -0.452 e. The van der Waals surface area contributed by atoms with E-state index in [1.54, 1.807) is 11.3 Å². The van der Waals surface area contributed by atoms with Crippen LogP contribution in [-0.4, -0.2) is 9.97 Å². The molecule has 0 radical (unpaired) electrons. The molecular weight excluding hydrogens is 582 g/mol. The van der Waals surface area contributed by atoms with E-state index in [4.69, 9.17) is 5.73 Å². The molecule has 0 fully saturated rings. The van der Waals surface area contributed by atoms with Crippen molar-refractivity contribution < 1.29 is 42.1 Å². The maximum atomic E-state index is 5.25. The van der Waals surface area contributed by atoms with Crippen LogP contribution >= 0.6 is 22.7 Å². The monoisotopic (exact) mass is 593 g/mol. The molecule has 0 spiro atoms. The fourth-order valence-electron chi connectivity index (χ4n) is 0.761. The van der Waals surface area contributed by atoms with Gasteiger partial charge in [0.1, 0.15) is 0 Å². The van der Waals surface area contributed by atoms with Crippen LogP contribution in [0, 0.1) is 33.2 Å². The largest absolute Gasteiger partial charge is 0.452 e. The van der Waals surface area contributed by atoms with Crippen LogP contribution in [0.5, 0.6) is 0 Å². The number of anilines is 1. The summed E-state index contributed by atoms with van der Waals surface area (Å²) in [4.78, 5) is 9.80. The zero-order chi connectivity index (χ0) is 10.6. The van der Waals surface area contributed by atoms with Gasteiger partial charge in [0.2, 0.25) is 0 Å². The van der Waals surface area contributed by atoms with E-state index in [-0.39, 0.29) is 42.1 Å². The molecule has 0 bridgehead atoms. The number of hydrogen-bond donors (Lipinski definition) is 1. The minimum atomic E-state index is 0. The Balaban J connectivity index is 0. The van der Waals surface area contributed by atoms with Gasteiger partial charge in [-0.1, -0.05) is 21.7 Å². The fraction of sp³-hybridized carbons (Fsp3) is 0.333. The van der Waals surface area contributed by atoms with Gasteiger partial charge in [-0.2, -0.15) is 0 Å². The third-order valence-corrected chi connectivity index (χ3v) is 2.73. The van der Waals surface area contributed by atoms with Gasteiger partial charge in [-0.3, -0.25) is 0 Å². The number of aromatic nitrogens is 2. The van der Waals surface area contributed by atoms with Gasteiger partial charge in [0, 0.05) is 47.3 Å². The van der Waals surface area contributed by atoms with Crippen molar-refractivity contribution in [1.29, 1.82) is 0 Å². The number of nitrogens with two attached hydrogens (primary N) is 1. The summed E-state index contributed by atoms with van der Waals surface area (Å²) in [7, 11) is 0. The van der Waals surface area contributed by atoms with Crippen LogP contribution in [0.25, 0.3) is 0 Å². The quantitative estimate of drug-likeness (QED) is 0.478. The first-order valence-electron chi connectivity index (χ1n) is 4.00. The van der Waals surface area contributed by atoms with E-state index >= 15 is 0 Å². The van der Waals surface area contributed by atoms with Crippen molar-refractivity contribution in [1.82, 2.24) is 9.97 Å². The van der Waals surface area contributed by atoms with Crippen molar-refractivity contribution in [2.45, 2.75) is 20.8 Å². The van der Waals surface area contributed by atoms with Crippen molar-refractivity contribution in [3.8, 4) is 0 Å². The molecule has 88 valence electrons. The molecule has 0 aliphatic heterocycles. The maximum Gasteiger partial charge on any atom is 0.0212 e. The van der Waals surface area contributed by atoms with Crippen LogP contribution in [0.2, 0.25) is 0 Å². The second-order valence-electron chi connectivity index (χ2n) is 2.62. The molecule has 0 atom stereocenters. The van der Waals surface area contributed by atoms with Gasteiger partial charge in [-0.15, -0.1) is 12.4 Å². The summed E-state index contributed by atoms with van der Waals surface area (Å²) in [6, 6.07) is 0. The Morgan fingerprint density at radius 3 is 1.56 bits per heavy atom. The van der Waals surface area contributed by atoms with Gasteiger partial charge in [0.15, 0.2) is 0 Å². The average Bonchev–Trinajstić information content (AvgIpc) is 2.63. The SMILES string of the molecule is Cc1[c-]nc(C)s1.Cc1[c-]nc(N)s1.[W].[W]. The van der Waals surface area contributed by atoms with E-state index in [1.165, 1.54) is 11.3 Å². The Kier molecular flexibility index (Phi) is 11.1. The van der Waals surface area contributed by atoms with Crippen molar-refractivity contribution in [3.05, 3.63) is 27.2 Å². The zero-order valence-electron chi connectivity index (χ0n) is 9.10. The van der Waals surface area contributed by atoms with E-state index in [0.717, 1.165) is 14.8 Å². The maximum absolute atomic E-state index is 5.25. The summed E-state index contributed by atoms with van der Waals surface area (Å²) < 4.78 is 0. The van der Waals surface area contributed by atoms with Crippen LogP contribution in [0.4, 0.5) is 5.13 Å². The van der Waals surface area contributed by atoms with E-state index in [9.17, 15) is 0 Å². The van der Waals surface area contributed by atoms with Gasteiger partial charge in [-0.05, 0) is 13.8 Å². The van der Waals surface area contributed by atoms with Crippen molar-refractivity contribution in [2.75, 3.05) is 5.73 Å². The summed E-state index contributed by atoms with van der Waals surface area (Å²) in [5, 5.41) is 1.69. The Bertz CT molecular complexity index is 330. The molecule has 2 aromatic rings. The molecule has 0 aliphatic rings. The summed E-state index contributed by atoms with van der Waals surface area (Å²) in [6.07, 6.45) is 5.55. The topological polar surface area (TPSA) is 51.8 Å². The summed E-state index contributed by atoms with van der Waals surface area (Å²) in [5.74, 6) is 0. The molecule has 16 heavy (non-hydrogen) atoms. The fourth-order valence-corrected chi connectivity index (χ4v) is 1.88. The molecule has 3 nitrogen and oxygen atoms in total. The second kappa shape index (κ2) is 9.47. The summed E-state index contributed by atoms with van der Waals surface area (Å²) in [5.41, 5.74) is 5.25. The molecule has 2 rings (SSSR count). The van der Waals surface area contributed by atoms with Gasteiger partial charge in [0.25, 0.3) is 0 Å². The van der Waals surface area contributed by atoms with Gasteiger partial charge in [0.05, 0.1) is 0 Å². The predicted molar refractivity (Wildman–Crippen MR) is 60.5 cm³/mol. The van der Waals surface area contributed by atoms with Crippen molar-refractivity contribution in [3.63, 3.8) is 0 Å². The molecule has 0 unspecified atom stereocenters. The number of nitrogens with zero attached hydrogens (tertiary/aromatic N) is 2. The number of thiazole rings is 2. The van der Waals surface area contributed by atoms with Gasteiger partial charge >= 0.3 is 0 Å². The number of nitrogen functional groups attached to an aromatic ring is 1. The smallest absolute Gasteiger partial charge is 0.0212 e. The number of hydrogen-bond acceptors (Lipinski definition) is 5. The Morgan fingerprint density at radius 2 is 1.44 bits per heavy atom. The molecule has 0 saturated heterocycles. The van der Waals surface area contributed by atoms with Crippen molar-refractivity contribution >= 4 is 27.8 Å². The Morgan fingerprint density at radius 1 is 0.938 bits per heavy atom. The number of rotatable bonds is 0.